The van der Waals surface area contributed by atoms with Crippen LogP contribution in [-0.4, -0.2) is 31.0 Å². The van der Waals surface area contributed by atoms with Crippen LogP contribution in [-0.2, 0) is 4.79 Å². The molecule has 0 saturated heterocycles. The maximum absolute atomic E-state index is 11.6. The standard InChI is InChI=1S/C13H15BrN2O2/c1-16(9-2-8-15)13(17)7-10-18-12-5-3-11(14)4-6-12/h3-6H,2,7,9-10H2,1H3. The molecule has 18 heavy (non-hydrogen) atoms. The van der Waals surface area contributed by atoms with Crippen molar-refractivity contribution >= 4 is 21.8 Å². The number of hydrogen-bond donors (Lipinski definition) is 0. The third kappa shape index (κ3) is 5.19. The van der Waals surface area contributed by atoms with Gasteiger partial charge in [0.2, 0.25) is 5.91 Å². The van der Waals surface area contributed by atoms with Gasteiger partial charge in [0.15, 0.2) is 0 Å². The summed E-state index contributed by atoms with van der Waals surface area (Å²) in [5.74, 6) is 0.730. The fourth-order valence-electron chi connectivity index (χ4n) is 1.32. The zero-order valence-electron chi connectivity index (χ0n) is 10.2. The maximum Gasteiger partial charge on any atom is 0.225 e. The Morgan fingerprint density at radius 3 is 2.72 bits per heavy atom. The summed E-state index contributed by atoms with van der Waals surface area (Å²) in [7, 11) is 1.69. The molecule has 4 nitrogen and oxygen atoms in total. The Morgan fingerprint density at radius 1 is 1.44 bits per heavy atom. The van der Waals surface area contributed by atoms with E-state index in [2.05, 4.69) is 15.9 Å². The van der Waals surface area contributed by atoms with Crippen LogP contribution < -0.4 is 4.74 Å². The molecule has 0 saturated carbocycles. The van der Waals surface area contributed by atoms with E-state index in [0.29, 0.717) is 26.0 Å². The average Bonchev–Trinajstić information content (AvgIpc) is 2.38. The zero-order chi connectivity index (χ0) is 13.4. The number of hydrogen-bond acceptors (Lipinski definition) is 3. The Bertz CT molecular complexity index is 426. The summed E-state index contributed by atoms with van der Waals surface area (Å²) in [5, 5.41) is 8.43. The highest BCUT2D eigenvalue weighted by Gasteiger charge is 2.08. The van der Waals surface area contributed by atoms with E-state index < -0.39 is 0 Å². The van der Waals surface area contributed by atoms with Crippen LogP contribution >= 0.6 is 15.9 Å². The Labute approximate surface area is 115 Å². The monoisotopic (exact) mass is 310 g/mol. The van der Waals surface area contributed by atoms with Gasteiger partial charge in [0.05, 0.1) is 25.5 Å². The van der Waals surface area contributed by atoms with Crippen molar-refractivity contribution in [2.24, 2.45) is 0 Å². The quantitative estimate of drug-likeness (QED) is 0.811. The predicted molar refractivity (Wildman–Crippen MR) is 72.1 cm³/mol. The van der Waals surface area contributed by atoms with Crippen molar-refractivity contribution in [1.82, 2.24) is 4.90 Å². The Balaban J connectivity index is 2.27. The molecular weight excluding hydrogens is 296 g/mol. The summed E-state index contributed by atoms with van der Waals surface area (Å²) in [5.41, 5.74) is 0. The lowest BCUT2D eigenvalue weighted by Crippen LogP contribution is -2.28. The SMILES string of the molecule is CN(CCC#N)C(=O)CCOc1ccc(Br)cc1. The Kier molecular flexibility index (Phi) is 6.23. The minimum absolute atomic E-state index is 0.0117. The van der Waals surface area contributed by atoms with Crippen LogP contribution in [0.25, 0.3) is 0 Å². The molecule has 1 rings (SSSR count). The van der Waals surface area contributed by atoms with Crippen LogP contribution in [0.3, 0.4) is 0 Å². The van der Waals surface area contributed by atoms with E-state index in [4.69, 9.17) is 10.00 Å². The molecule has 0 radical (unpaired) electrons. The van der Waals surface area contributed by atoms with E-state index in [1.54, 1.807) is 11.9 Å². The summed E-state index contributed by atoms with van der Waals surface area (Å²) < 4.78 is 6.44. The van der Waals surface area contributed by atoms with Crippen LogP contribution in [0.15, 0.2) is 28.7 Å². The Morgan fingerprint density at radius 2 is 2.11 bits per heavy atom. The molecular formula is C13H15BrN2O2. The molecule has 1 amide bonds. The van der Waals surface area contributed by atoms with Gasteiger partial charge in [-0.1, -0.05) is 15.9 Å². The molecule has 0 heterocycles. The summed E-state index contributed by atoms with van der Waals surface area (Å²) in [6.45, 7) is 0.810. The van der Waals surface area contributed by atoms with Crippen LogP contribution in [0.1, 0.15) is 12.8 Å². The molecule has 0 unspecified atom stereocenters. The fraction of sp³-hybridized carbons (Fsp3) is 0.385. The number of nitrogens with zero attached hydrogens (tertiary/aromatic N) is 2. The van der Waals surface area contributed by atoms with Crippen LogP contribution in [0.5, 0.6) is 5.75 Å². The molecule has 0 aliphatic heterocycles. The minimum atomic E-state index is -0.0117. The second kappa shape index (κ2) is 7.72. The van der Waals surface area contributed by atoms with E-state index in [1.165, 1.54) is 0 Å². The lowest BCUT2D eigenvalue weighted by atomic mass is 10.3. The highest BCUT2D eigenvalue weighted by Crippen LogP contribution is 2.16. The lowest BCUT2D eigenvalue weighted by Gasteiger charge is -2.15. The molecule has 0 N–H and O–H groups in total. The molecule has 0 aliphatic carbocycles. The van der Waals surface area contributed by atoms with Crippen molar-refractivity contribution in [3.05, 3.63) is 28.7 Å². The first-order chi connectivity index (χ1) is 8.63. The van der Waals surface area contributed by atoms with E-state index in [9.17, 15) is 4.79 Å². The van der Waals surface area contributed by atoms with Gasteiger partial charge in [0.25, 0.3) is 0 Å². The van der Waals surface area contributed by atoms with Gasteiger partial charge in [-0.3, -0.25) is 4.79 Å². The second-order valence-corrected chi connectivity index (χ2v) is 4.69. The number of ether oxygens (including phenoxy) is 1. The van der Waals surface area contributed by atoms with Gasteiger partial charge in [-0.15, -0.1) is 0 Å². The van der Waals surface area contributed by atoms with Gasteiger partial charge in [-0.05, 0) is 24.3 Å². The summed E-state index contributed by atoms with van der Waals surface area (Å²) in [6, 6.07) is 9.46. The maximum atomic E-state index is 11.6. The van der Waals surface area contributed by atoms with Crippen LogP contribution in [0, 0.1) is 11.3 Å². The number of carbonyl (C=O) groups excluding carboxylic acids is 1. The average molecular weight is 311 g/mol. The third-order valence-corrected chi connectivity index (χ3v) is 2.91. The van der Waals surface area contributed by atoms with Gasteiger partial charge in [0, 0.05) is 18.1 Å². The van der Waals surface area contributed by atoms with Gasteiger partial charge in [0.1, 0.15) is 5.75 Å². The minimum Gasteiger partial charge on any atom is -0.493 e. The van der Waals surface area contributed by atoms with Gasteiger partial charge in [-0.2, -0.15) is 5.26 Å². The van der Waals surface area contributed by atoms with Crippen molar-refractivity contribution < 1.29 is 9.53 Å². The molecule has 0 fully saturated rings. The molecule has 0 spiro atoms. The highest BCUT2D eigenvalue weighted by atomic mass is 79.9. The number of benzene rings is 1. The third-order valence-electron chi connectivity index (χ3n) is 2.38. The van der Waals surface area contributed by atoms with E-state index in [-0.39, 0.29) is 5.91 Å². The van der Waals surface area contributed by atoms with Gasteiger partial charge in [-0.25, -0.2) is 0 Å². The van der Waals surface area contributed by atoms with Crippen LogP contribution in [0.4, 0.5) is 0 Å². The number of rotatable bonds is 6. The molecule has 0 aliphatic rings. The van der Waals surface area contributed by atoms with Crippen molar-refractivity contribution in [3.8, 4) is 11.8 Å². The summed E-state index contributed by atoms with van der Waals surface area (Å²) >= 11 is 3.34. The normalized spacial score (nSPS) is 9.61. The molecule has 0 aromatic heterocycles. The summed E-state index contributed by atoms with van der Waals surface area (Å²) in [6.07, 6.45) is 0.674. The van der Waals surface area contributed by atoms with Crippen molar-refractivity contribution in [2.75, 3.05) is 20.2 Å². The largest absolute Gasteiger partial charge is 0.493 e. The molecule has 1 aromatic carbocycles. The van der Waals surface area contributed by atoms with E-state index in [1.807, 2.05) is 30.3 Å². The number of nitriles is 1. The Hall–Kier alpha value is -1.54. The first kappa shape index (κ1) is 14.5. The van der Waals surface area contributed by atoms with E-state index >= 15 is 0 Å². The van der Waals surface area contributed by atoms with Crippen molar-refractivity contribution in [1.29, 1.82) is 5.26 Å². The topological polar surface area (TPSA) is 53.3 Å². The smallest absolute Gasteiger partial charge is 0.225 e. The first-order valence-corrected chi connectivity index (χ1v) is 6.42. The summed E-state index contributed by atoms with van der Waals surface area (Å²) in [4.78, 5) is 13.2. The molecule has 5 heteroatoms. The van der Waals surface area contributed by atoms with Crippen LogP contribution in [0.2, 0.25) is 0 Å². The van der Waals surface area contributed by atoms with Gasteiger partial charge >= 0.3 is 0 Å². The molecule has 0 atom stereocenters. The molecule has 1 aromatic rings. The predicted octanol–water partition coefficient (Wildman–Crippen LogP) is 2.59. The van der Waals surface area contributed by atoms with Crippen molar-refractivity contribution in [2.45, 2.75) is 12.8 Å². The highest BCUT2D eigenvalue weighted by molar-refractivity contribution is 9.10. The second-order valence-electron chi connectivity index (χ2n) is 3.78. The molecule has 0 bridgehead atoms. The lowest BCUT2D eigenvalue weighted by molar-refractivity contribution is -0.130. The van der Waals surface area contributed by atoms with Crippen molar-refractivity contribution in [3.63, 3.8) is 0 Å². The number of amides is 1. The van der Waals surface area contributed by atoms with E-state index in [0.717, 1.165) is 10.2 Å². The number of halogens is 1. The number of carbonyl (C=O) groups is 1. The zero-order valence-corrected chi connectivity index (χ0v) is 11.8. The fourth-order valence-corrected chi connectivity index (χ4v) is 1.58. The van der Waals surface area contributed by atoms with Gasteiger partial charge < -0.3 is 9.64 Å². The first-order valence-electron chi connectivity index (χ1n) is 5.63. The molecule has 96 valence electrons.